The highest BCUT2D eigenvalue weighted by molar-refractivity contribution is 6.31. The van der Waals surface area contributed by atoms with Gasteiger partial charge in [-0.25, -0.2) is 4.98 Å². The van der Waals surface area contributed by atoms with E-state index in [1.807, 2.05) is 24.3 Å². The molecule has 154 valence electrons. The molecule has 7 rings (SSSR count). The zero-order valence-electron chi connectivity index (χ0n) is 16.5. The number of carbonyl (C=O) groups excluding carboxylic acids is 1. The number of hydrogen-bond donors (Lipinski definition) is 2. The van der Waals surface area contributed by atoms with E-state index in [1.54, 1.807) is 12.1 Å². The molecule has 3 fully saturated rings. The van der Waals surface area contributed by atoms with E-state index >= 15 is 0 Å². The van der Waals surface area contributed by atoms with Crippen LogP contribution in [0.4, 0.5) is 0 Å². The average Bonchev–Trinajstić information content (AvgIpc) is 3.17. The highest BCUT2D eigenvalue weighted by atomic mass is 35.5. The molecule has 0 unspecified atom stereocenters. The Morgan fingerprint density at radius 2 is 1.90 bits per heavy atom. The van der Waals surface area contributed by atoms with Gasteiger partial charge in [0.15, 0.2) is 11.5 Å². The van der Waals surface area contributed by atoms with Crippen LogP contribution in [-0.2, 0) is 5.41 Å². The summed E-state index contributed by atoms with van der Waals surface area (Å²) < 4.78 is 11.2. The van der Waals surface area contributed by atoms with Gasteiger partial charge in [-0.1, -0.05) is 18.0 Å². The number of aromatic nitrogens is 2. The summed E-state index contributed by atoms with van der Waals surface area (Å²) in [6.07, 6.45) is 4.96. The summed E-state index contributed by atoms with van der Waals surface area (Å²) in [7, 11) is 0. The topological polar surface area (TPSA) is 76.2 Å². The molecule has 0 radical (unpaired) electrons. The molecule has 2 N–H and O–H groups in total. The molecule has 0 saturated heterocycles. The van der Waals surface area contributed by atoms with Crippen molar-refractivity contribution in [1.29, 1.82) is 0 Å². The third-order valence-electron chi connectivity index (χ3n) is 6.79. The first-order chi connectivity index (χ1) is 14.5. The number of hydrogen-bond acceptors (Lipinski definition) is 4. The lowest BCUT2D eigenvalue weighted by Crippen LogP contribution is -2.66. The lowest BCUT2D eigenvalue weighted by Gasteiger charge is -2.60. The Morgan fingerprint density at radius 1 is 1.07 bits per heavy atom. The van der Waals surface area contributed by atoms with Crippen molar-refractivity contribution in [1.82, 2.24) is 15.3 Å². The van der Waals surface area contributed by atoms with E-state index in [0.29, 0.717) is 35.3 Å². The van der Waals surface area contributed by atoms with Crippen molar-refractivity contribution in [2.45, 2.75) is 43.1 Å². The number of halogens is 1. The number of nitrogens with one attached hydrogen (secondary N) is 2. The van der Waals surface area contributed by atoms with Crippen LogP contribution in [0.2, 0.25) is 5.02 Å². The number of H-pyrrole nitrogens is 1. The minimum Gasteiger partial charge on any atom is -0.486 e. The van der Waals surface area contributed by atoms with Crippen molar-refractivity contribution in [2.75, 3.05) is 13.2 Å². The lowest BCUT2D eigenvalue weighted by atomic mass is 9.49. The molecule has 0 atom stereocenters. The van der Waals surface area contributed by atoms with Gasteiger partial charge in [-0.15, -0.1) is 0 Å². The number of imidazole rings is 1. The smallest absolute Gasteiger partial charge is 0.251 e. The number of amides is 1. The molecule has 2 heterocycles. The number of aromatic amines is 1. The molecule has 6 nitrogen and oxygen atoms in total. The summed E-state index contributed by atoms with van der Waals surface area (Å²) >= 11 is 6.13. The molecule has 4 aliphatic rings. The summed E-state index contributed by atoms with van der Waals surface area (Å²) in [5, 5.41) is 4.03. The molecule has 0 spiro atoms. The Kier molecular flexibility index (Phi) is 3.84. The summed E-state index contributed by atoms with van der Waals surface area (Å²) in [4.78, 5) is 21.3. The summed E-state index contributed by atoms with van der Waals surface area (Å²) in [6.45, 7) is 1.05. The van der Waals surface area contributed by atoms with Gasteiger partial charge in [0.05, 0.1) is 11.0 Å². The van der Waals surface area contributed by atoms with Crippen molar-refractivity contribution >= 4 is 28.5 Å². The van der Waals surface area contributed by atoms with Gasteiger partial charge < -0.3 is 19.8 Å². The number of rotatable bonds is 3. The van der Waals surface area contributed by atoms with Crippen LogP contribution in [0.3, 0.4) is 0 Å². The number of benzene rings is 2. The number of nitrogens with zero attached hydrogens (tertiary/aromatic N) is 1. The van der Waals surface area contributed by atoms with Gasteiger partial charge in [-0.05, 0) is 62.1 Å². The first kappa shape index (κ1) is 18.1. The molecular weight excluding hydrogens is 402 g/mol. The van der Waals surface area contributed by atoms with E-state index in [9.17, 15) is 4.79 Å². The maximum atomic E-state index is 13.0. The Balaban J connectivity index is 1.22. The Morgan fingerprint density at radius 3 is 2.77 bits per heavy atom. The van der Waals surface area contributed by atoms with E-state index in [1.165, 1.54) is 0 Å². The van der Waals surface area contributed by atoms with Gasteiger partial charge >= 0.3 is 0 Å². The zero-order valence-corrected chi connectivity index (χ0v) is 17.2. The number of ether oxygens (including phenoxy) is 2. The monoisotopic (exact) mass is 423 g/mol. The van der Waals surface area contributed by atoms with Crippen molar-refractivity contribution in [3.8, 4) is 11.5 Å². The molecule has 1 amide bonds. The van der Waals surface area contributed by atoms with E-state index in [2.05, 4.69) is 10.3 Å². The normalized spacial score (nSPS) is 26.8. The highest BCUT2D eigenvalue weighted by Crippen LogP contribution is 2.58. The quantitative estimate of drug-likeness (QED) is 0.655. The van der Waals surface area contributed by atoms with Crippen LogP contribution in [-0.4, -0.2) is 34.6 Å². The minimum absolute atomic E-state index is 0.00380. The van der Waals surface area contributed by atoms with E-state index < -0.39 is 0 Å². The van der Waals surface area contributed by atoms with Gasteiger partial charge in [-0.2, -0.15) is 0 Å². The van der Waals surface area contributed by atoms with Gasteiger partial charge in [0.1, 0.15) is 19.0 Å². The SMILES string of the molecule is O=C(NC12CCCC(c3nc4ccc(Cl)cc4[nH]3)(C1)C2)c1ccc2c(c1)OCCO2. The predicted octanol–water partition coefficient (Wildman–Crippen LogP) is 4.37. The molecule has 3 aromatic rings. The Labute approximate surface area is 178 Å². The van der Waals surface area contributed by atoms with Crippen LogP contribution in [0.1, 0.15) is 48.3 Å². The summed E-state index contributed by atoms with van der Waals surface area (Å²) in [6, 6.07) is 11.1. The standard InChI is InChI=1S/C23H22ClN3O3/c24-15-3-4-16-17(11-15)26-21(25-16)22-6-1-7-23(12-22,13-22)27-20(28)14-2-5-18-19(10-14)30-9-8-29-18/h2-5,10-11H,1,6-9,12-13H2,(H,25,26)(H,27,28). The highest BCUT2D eigenvalue weighted by Gasteiger charge is 2.60. The molecule has 1 aromatic heterocycles. The predicted molar refractivity (Wildman–Crippen MR) is 113 cm³/mol. The van der Waals surface area contributed by atoms with Crippen molar-refractivity contribution in [2.24, 2.45) is 0 Å². The second-order valence-electron chi connectivity index (χ2n) is 8.83. The van der Waals surface area contributed by atoms with Crippen LogP contribution in [0.25, 0.3) is 11.0 Å². The number of carbonyl (C=O) groups is 1. The van der Waals surface area contributed by atoms with Gasteiger partial charge in [0, 0.05) is 21.5 Å². The fourth-order valence-corrected chi connectivity index (χ4v) is 5.70. The van der Waals surface area contributed by atoms with Crippen LogP contribution < -0.4 is 14.8 Å². The van der Waals surface area contributed by atoms with Crippen LogP contribution in [0.5, 0.6) is 11.5 Å². The first-order valence-corrected chi connectivity index (χ1v) is 10.8. The van der Waals surface area contributed by atoms with E-state index in [-0.39, 0.29) is 16.9 Å². The molecule has 2 bridgehead atoms. The van der Waals surface area contributed by atoms with Crippen LogP contribution in [0, 0.1) is 0 Å². The van der Waals surface area contributed by atoms with E-state index in [0.717, 1.165) is 49.0 Å². The minimum atomic E-state index is -0.167. The maximum absolute atomic E-state index is 13.0. The number of fused-ring (bicyclic) bond motifs is 4. The molecule has 3 saturated carbocycles. The summed E-state index contributed by atoms with van der Waals surface area (Å²) in [5.41, 5.74) is 2.35. The second kappa shape index (κ2) is 6.38. The third kappa shape index (κ3) is 2.77. The Bertz CT molecular complexity index is 1170. The molecule has 7 heteroatoms. The van der Waals surface area contributed by atoms with Crippen LogP contribution in [0.15, 0.2) is 36.4 Å². The van der Waals surface area contributed by atoms with Crippen molar-refractivity contribution < 1.29 is 14.3 Å². The molecular formula is C23H22ClN3O3. The fourth-order valence-electron chi connectivity index (χ4n) is 5.53. The second-order valence-corrected chi connectivity index (χ2v) is 9.26. The average molecular weight is 424 g/mol. The summed E-state index contributed by atoms with van der Waals surface area (Å²) in [5.74, 6) is 2.29. The van der Waals surface area contributed by atoms with Gasteiger partial charge in [0.2, 0.25) is 0 Å². The maximum Gasteiger partial charge on any atom is 0.251 e. The van der Waals surface area contributed by atoms with Gasteiger partial charge in [-0.3, -0.25) is 4.79 Å². The lowest BCUT2D eigenvalue weighted by molar-refractivity contribution is 0.00532. The molecule has 3 aliphatic carbocycles. The Hall–Kier alpha value is -2.73. The first-order valence-electron chi connectivity index (χ1n) is 10.4. The zero-order chi connectivity index (χ0) is 20.3. The molecule has 30 heavy (non-hydrogen) atoms. The van der Waals surface area contributed by atoms with E-state index in [4.69, 9.17) is 26.1 Å². The van der Waals surface area contributed by atoms with Crippen molar-refractivity contribution in [3.63, 3.8) is 0 Å². The fraction of sp³-hybridized carbons (Fsp3) is 0.391. The molecule has 2 aromatic carbocycles. The van der Waals surface area contributed by atoms with Crippen LogP contribution >= 0.6 is 11.6 Å². The van der Waals surface area contributed by atoms with Crippen molar-refractivity contribution in [3.05, 3.63) is 52.8 Å². The third-order valence-corrected chi connectivity index (χ3v) is 7.03. The largest absolute Gasteiger partial charge is 0.486 e. The van der Waals surface area contributed by atoms with Gasteiger partial charge in [0.25, 0.3) is 5.91 Å². The molecule has 1 aliphatic heterocycles.